The maximum atomic E-state index is 9.88. The topological polar surface area (TPSA) is 47.9 Å². The van der Waals surface area contributed by atoms with Crippen LogP contribution in [0.15, 0.2) is 0 Å². The Morgan fingerprint density at radius 3 is 1.71 bits per heavy atom. The van der Waals surface area contributed by atoms with Crippen molar-refractivity contribution in [3.63, 3.8) is 0 Å². The van der Waals surface area contributed by atoms with E-state index in [0.29, 0.717) is 25.6 Å². The molecule has 170 valence electrons. The molecule has 0 spiro atoms. The Labute approximate surface area is 175 Å². The summed E-state index contributed by atoms with van der Waals surface area (Å²) in [6.45, 7) is 27.5. The Kier molecular flexibility index (Phi) is 10.7. The highest BCUT2D eigenvalue weighted by Crippen LogP contribution is 2.39. The molecule has 4 heteroatoms. The lowest BCUT2D eigenvalue weighted by atomic mass is 9.73. The third-order valence-corrected chi connectivity index (χ3v) is 6.90. The predicted molar refractivity (Wildman–Crippen MR) is 119 cm³/mol. The molecule has 0 aliphatic carbocycles. The molecule has 0 aliphatic rings. The molecule has 0 aromatic heterocycles. The first kappa shape index (κ1) is 27.8. The second-order valence-corrected chi connectivity index (χ2v) is 11.2. The van der Waals surface area contributed by atoms with Gasteiger partial charge in [0.05, 0.1) is 30.0 Å². The second kappa shape index (κ2) is 10.7. The van der Waals surface area contributed by atoms with Gasteiger partial charge in [0.25, 0.3) is 0 Å². The van der Waals surface area contributed by atoms with Crippen molar-refractivity contribution in [2.75, 3.05) is 19.8 Å². The molecule has 28 heavy (non-hydrogen) atoms. The quantitative estimate of drug-likeness (QED) is 0.396. The Bertz CT molecular complexity index is 432. The van der Waals surface area contributed by atoms with Crippen LogP contribution in [-0.2, 0) is 14.2 Å². The van der Waals surface area contributed by atoms with Gasteiger partial charge in [0.1, 0.15) is 0 Å². The van der Waals surface area contributed by atoms with Crippen molar-refractivity contribution >= 4 is 0 Å². The van der Waals surface area contributed by atoms with Gasteiger partial charge < -0.3 is 19.3 Å². The molecule has 0 aromatic carbocycles. The van der Waals surface area contributed by atoms with Gasteiger partial charge in [-0.25, -0.2) is 0 Å². The van der Waals surface area contributed by atoms with Crippen LogP contribution in [0.5, 0.6) is 0 Å². The van der Waals surface area contributed by atoms with Crippen LogP contribution in [0.25, 0.3) is 0 Å². The first-order valence-corrected chi connectivity index (χ1v) is 11.0. The summed E-state index contributed by atoms with van der Waals surface area (Å²) in [6, 6.07) is 0. The zero-order valence-corrected chi connectivity index (χ0v) is 20.9. The summed E-state index contributed by atoms with van der Waals surface area (Å²) in [5, 5.41) is 9.88. The summed E-state index contributed by atoms with van der Waals surface area (Å²) in [5.41, 5.74) is -0.947. The number of hydrogen-bond acceptors (Lipinski definition) is 4. The average molecular weight is 403 g/mol. The molecular formula is C24H50O4. The van der Waals surface area contributed by atoms with E-state index in [0.717, 1.165) is 13.0 Å². The van der Waals surface area contributed by atoms with E-state index in [4.69, 9.17) is 14.2 Å². The van der Waals surface area contributed by atoms with Crippen LogP contribution in [0.1, 0.15) is 95.9 Å². The first-order valence-electron chi connectivity index (χ1n) is 11.0. The first-order chi connectivity index (χ1) is 12.4. The molecular weight excluding hydrogens is 352 g/mol. The lowest BCUT2D eigenvalue weighted by molar-refractivity contribution is -0.138. The molecule has 0 saturated carbocycles. The molecule has 4 nitrogen and oxygen atoms in total. The van der Waals surface area contributed by atoms with E-state index in [2.05, 4.69) is 69.2 Å². The van der Waals surface area contributed by atoms with Crippen LogP contribution in [-0.4, -0.2) is 48.3 Å². The van der Waals surface area contributed by atoms with E-state index >= 15 is 0 Å². The standard InChI is InChI=1S/C24H50O4/c1-18(2)26-15-13-21(5,6)24(11,12)28-17-19(3)23(9,10)20(4)27-16-14-22(7,8)25/h18-20,25H,13-17H2,1-12H3. The normalized spacial score (nSPS) is 16.5. The number of aliphatic hydroxyl groups is 1. The van der Waals surface area contributed by atoms with Crippen LogP contribution < -0.4 is 0 Å². The summed E-state index contributed by atoms with van der Waals surface area (Å²) in [6.07, 6.45) is 1.95. The van der Waals surface area contributed by atoms with Crippen LogP contribution in [0.3, 0.4) is 0 Å². The number of rotatable bonds is 14. The Hall–Kier alpha value is -0.160. The molecule has 0 aliphatic heterocycles. The average Bonchev–Trinajstić information content (AvgIpc) is 2.50. The molecule has 2 unspecified atom stereocenters. The van der Waals surface area contributed by atoms with E-state index < -0.39 is 5.60 Å². The van der Waals surface area contributed by atoms with Crippen molar-refractivity contribution in [3.05, 3.63) is 0 Å². The lowest BCUT2D eigenvalue weighted by Crippen LogP contribution is -2.45. The maximum Gasteiger partial charge on any atom is 0.0678 e. The molecule has 0 aromatic rings. The highest BCUT2D eigenvalue weighted by Gasteiger charge is 2.40. The van der Waals surface area contributed by atoms with Crippen molar-refractivity contribution in [1.82, 2.24) is 0 Å². The minimum absolute atomic E-state index is 0.0145. The van der Waals surface area contributed by atoms with E-state index in [1.807, 2.05) is 13.8 Å². The van der Waals surface area contributed by atoms with Gasteiger partial charge in [0.2, 0.25) is 0 Å². The summed E-state index contributed by atoms with van der Waals surface area (Å²) in [7, 11) is 0. The van der Waals surface area contributed by atoms with Crippen LogP contribution >= 0.6 is 0 Å². The lowest BCUT2D eigenvalue weighted by Gasteiger charge is -2.44. The highest BCUT2D eigenvalue weighted by atomic mass is 16.5. The molecule has 0 radical (unpaired) electrons. The molecule has 0 bridgehead atoms. The van der Waals surface area contributed by atoms with Gasteiger partial charge in [-0.15, -0.1) is 0 Å². The monoisotopic (exact) mass is 402 g/mol. The molecule has 0 rings (SSSR count). The second-order valence-electron chi connectivity index (χ2n) is 11.2. The summed E-state index contributed by atoms with van der Waals surface area (Å²) < 4.78 is 18.3. The van der Waals surface area contributed by atoms with E-state index in [-0.39, 0.29) is 28.6 Å². The number of ether oxygens (including phenoxy) is 3. The van der Waals surface area contributed by atoms with Crippen LogP contribution in [0, 0.1) is 16.7 Å². The van der Waals surface area contributed by atoms with E-state index in [9.17, 15) is 5.11 Å². The van der Waals surface area contributed by atoms with Crippen molar-refractivity contribution in [2.24, 2.45) is 16.7 Å². The molecule has 0 heterocycles. The van der Waals surface area contributed by atoms with Gasteiger partial charge in [0.15, 0.2) is 0 Å². The van der Waals surface area contributed by atoms with E-state index in [1.165, 1.54) is 0 Å². The van der Waals surface area contributed by atoms with Crippen molar-refractivity contribution < 1.29 is 19.3 Å². The van der Waals surface area contributed by atoms with Gasteiger partial charge in [-0.2, -0.15) is 0 Å². The van der Waals surface area contributed by atoms with Gasteiger partial charge >= 0.3 is 0 Å². The SMILES string of the molecule is CC(C)OCCC(C)(C)C(C)(C)OCC(C)C(C)(C)C(C)OCCC(C)(C)O. The molecule has 0 saturated heterocycles. The van der Waals surface area contributed by atoms with Gasteiger partial charge in [-0.05, 0) is 78.1 Å². The van der Waals surface area contributed by atoms with Gasteiger partial charge in [0, 0.05) is 13.2 Å². The molecule has 2 atom stereocenters. The molecule has 0 fully saturated rings. The van der Waals surface area contributed by atoms with Gasteiger partial charge in [-0.1, -0.05) is 34.6 Å². The maximum absolute atomic E-state index is 9.88. The summed E-state index contributed by atoms with van der Waals surface area (Å²) in [5.74, 6) is 0.339. The third-order valence-electron chi connectivity index (χ3n) is 6.90. The fraction of sp³-hybridized carbons (Fsp3) is 1.00. The Morgan fingerprint density at radius 1 is 0.750 bits per heavy atom. The predicted octanol–water partition coefficient (Wildman–Crippen LogP) is 5.85. The zero-order chi connectivity index (χ0) is 22.4. The summed E-state index contributed by atoms with van der Waals surface area (Å²) >= 11 is 0. The van der Waals surface area contributed by atoms with E-state index in [1.54, 1.807) is 0 Å². The van der Waals surface area contributed by atoms with Gasteiger partial charge in [-0.3, -0.25) is 0 Å². The van der Waals surface area contributed by atoms with Crippen LogP contribution in [0.2, 0.25) is 0 Å². The van der Waals surface area contributed by atoms with Crippen molar-refractivity contribution in [3.8, 4) is 0 Å². The third kappa shape index (κ3) is 9.56. The molecule has 1 N–H and O–H groups in total. The van der Waals surface area contributed by atoms with Crippen LogP contribution in [0.4, 0.5) is 0 Å². The largest absolute Gasteiger partial charge is 0.390 e. The summed E-state index contributed by atoms with van der Waals surface area (Å²) in [4.78, 5) is 0. The molecule has 0 amide bonds. The zero-order valence-electron chi connectivity index (χ0n) is 20.9. The Morgan fingerprint density at radius 2 is 1.25 bits per heavy atom. The fourth-order valence-corrected chi connectivity index (χ4v) is 2.70. The minimum Gasteiger partial charge on any atom is -0.390 e. The number of hydrogen-bond donors (Lipinski definition) is 1. The minimum atomic E-state index is -0.687. The highest BCUT2D eigenvalue weighted by molar-refractivity contribution is 4.89. The Balaban J connectivity index is 4.70. The smallest absolute Gasteiger partial charge is 0.0678 e. The van der Waals surface area contributed by atoms with Crippen molar-refractivity contribution in [2.45, 2.75) is 119 Å². The van der Waals surface area contributed by atoms with Crippen molar-refractivity contribution in [1.29, 1.82) is 0 Å². The fourth-order valence-electron chi connectivity index (χ4n) is 2.70.